The third-order valence-electron chi connectivity index (χ3n) is 5.09. The minimum absolute atomic E-state index is 0.0478. The minimum atomic E-state index is -0.563. The number of nitrogens with zero attached hydrogens (tertiary/aromatic N) is 4. The average molecular weight is 342 g/mol. The van der Waals surface area contributed by atoms with E-state index in [1.54, 1.807) is 11.0 Å². The highest BCUT2D eigenvalue weighted by Crippen LogP contribution is 2.27. The number of β-amino-alcohol motifs (C(OH)–C–C–N with tert-alkyl or cyclic N) is 1. The molecule has 2 aromatic rings. The molecule has 1 fully saturated rings. The van der Waals surface area contributed by atoms with E-state index in [4.69, 9.17) is 4.52 Å². The van der Waals surface area contributed by atoms with Crippen molar-refractivity contribution in [3.63, 3.8) is 0 Å². The van der Waals surface area contributed by atoms with E-state index in [1.807, 2.05) is 26.1 Å². The van der Waals surface area contributed by atoms with Crippen LogP contribution in [0.25, 0.3) is 0 Å². The fourth-order valence-electron chi connectivity index (χ4n) is 3.67. The molecule has 0 saturated carbocycles. The third kappa shape index (κ3) is 3.00. The zero-order valence-electron chi connectivity index (χ0n) is 14.5. The predicted molar refractivity (Wildman–Crippen MR) is 91.6 cm³/mol. The zero-order valence-corrected chi connectivity index (χ0v) is 14.5. The summed E-state index contributed by atoms with van der Waals surface area (Å²) in [5, 5.41) is 14.2. The number of likely N-dealkylation sites (tertiary alicyclic amines) is 1. The fourth-order valence-corrected chi connectivity index (χ4v) is 3.67. The Hall–Kier alpha value is -2.41. The van der Waals surface area contributed by atoms with Crippen molar-refractivity contribution in [3.05, 3.63) is 40.9 Å². The molecule has 2 aliphatic heterocycles. The Morgan fingerprint density at radius 1 is 1.40 bits per heavy atom. The van der Waals surface area contributed by atoms with Crippen LogP contribution in [-0.2, 0) is 12.8 Å². The molecule has 0 radical (unpaired) electrons. The summed E-state index contributed by atoms with van der Waals surface area (Å²) >= 11 is 0. The Morgan fingerprint density at radius 3 is 3.00 bits per heavy atom. The number of aryl methyl sites for hydroxylation is 1. The van der Waals surface area contributed by atoms with Gasteiger partial charge in [0.05, 0.1) is 11.8 Å². The summed E-state index contributed by atoms with van der Waals surface area (Å²) in [6.07, 6.45) is 0.979. The highest BCUT2D eigenvalue weighted by Gasteiger charge is 2.36. The van der Waals surface area contributed by atoms with Crippen LogP contribution >= 0.6 is 0 Å². The summed E-state index contributed by atoms with van der Waals surface area (Å²) in [4.78, 5) is 21.1. The maximum atomic E-state index is 12.8. The number of likely N-dealkylation sites (N-methyl/N-ethyl adjacent to an activating group) is 1. The van der Waals surface area contributed by atoms with Crippen LogP contribution < -0.4 is 4.90 Å². The molecule has 2 aliphatic rings. The number of aliphatic hydroxyl groups is 1. The van der Waals surface area contributed by atoms with Crippen LogP contribution in [0.4, 0.5) is 5.82 Å². The van der Waals surface area contributed by atoms with E-state index in [9.17, 15) is 9.90 Å². The molecular formula is C18H22N4O3. The summed E-state index contributed by atoms with van der Waals surface area (Å²) in [6.45, 7) is 3.62. The monoisotopic (exact) mass is 342 g/mol. The van der Waals surface area contributed by atoms with Gasteiger partial charge < -0.3 is 19.4 Å². The molecule has 4 rings (SSSR count). The quantitative estimate of drug-likeness (QED) is 0.898. The second-order valence-corrected chi connectivity index (χ2v) is 7.03. The highest BCUT2D eigenvalue weighted by molar-refractivity contribution is 5.93. The summed E-state index contributed by atoms with van der Waals surface area (Å²) in [7, 11) is 1.99. The molecule has 0 spiro atoms. The van der Waals surface area contributed by atoms with Gasteiger partial charge in [-0.1, -0.05) is 11.2 Å². The molecule has 7 nitrogen and oxygen atoms in total. The van der Waals surface area contributed by atoms with E-state index in [1.165, 1.54) is 5.56 Å². The van der Waals surface area contributed by atoms with Gasteiger partial charge in [0.15, 0.2) is 0 Å². The zero-order chi connectivity index (χ0) is 17.6. The van der Waals surface area contributed by atoms with Gasteiger partial charge in [0.25, 0.3) is 5.91 Å². The van der Waals surface area contributed by atoms with Gasteiger partial charge in [0.2, 0.25) is 0 Å². The second kappa shape index (κ2) is 6.15. The number of amides is 1. The summed E-state index contributed by atoms with van der Waals surface area (Å²) < 4.78 is 5.23. The molecule has 0 aromatic carbocycles. The van der Waals surface area contributed by atoms with Gasteiger partial charge in [0.1, 0.15) is 17.3 Å². The van der Waals surface area contributed by atoms with Crippen LogP contribution in [-0.4, -0.2) is 58.8 Å². The average Bonchev–Trinajstić information content (AvgIpc) is 3.28. The van der Waals surface area contributed by atoms with E-state index >= 15 is 0 Å². The lowest BCUT2D eigenvalue weighted by Gasteiger charge is -2.17. The number of fused-ring (bicyclic) bond motifs is 1. The van der Waals surface area contributed by atoms with Crippen LogP contribution in [0.2, 0.25) is 0 Å². The maximum absolute atomic E-state index is 12.8. The number of hydrogen-bond acceptors (Lipinski definition) is 6. The maximum Gasteiger partial charge on any atom is 0.272 e. The Morgan fingerprint density at radius 2 is 2.24 bits per heavy atom. The van der Waals surface area contributed by atoms with Gasteiger partial charge in [-0.05, 0) is 25.0 Å². The first-order chi connectivity index (χ1) is 12.0. The van der Waals surface area contributed by atoms with E-state index < -0.39 is 6.10 Å². The third-order valence-corrected chi connectivity index (χ3v) is 5.09. The first kappa shape index (κ1) is 16.1. The van der Waals surface area contributed by atoms with Crippen LogP contribution in [0.3, 0.4) is 0 Å². The summed E-state index contributed by atoms with van der Waals surface area (Å²) in [6, 6.07) is 5.65. The molecule has 2 aromatic heterocycles. The molecule has 1 N–H and O–H groups in total. The van der Waals surface area contributed by atoms with Crippen LogP contribution in [0.5, 0.6) is 0 Å². The lowest BCUT2D eigenvalue weighted by molar-refractivity contribution is 0.0759. The predicted octanol–water partition coefficient (Wildman–Crippen LogP) is 1.05. The molecule has 0 unspecified atom stereocenters. The van der Waals surface area contributed by atoms with E-state index in [0.29, 0.717) is 25.2 Å². The summed E-state index contributed by atoms with van der Waals surface area (Å²) in [5.41, 5.74) is 2.44. The normalized spacial score (nSPS) is 22.5. The van der Waals surface area contributed by atoms with Crippen LogP contribution in [0.15, 0.2) is 22.7 Å². The standard InChI is InChI=1S/C18H22N4O3/c1-11-7-14(25-20-11)8-13-9-22(10-16(13)23)18(24)15-4-3-12-5-6-21(2)17(12)19-15/h3-4,7,13,16,23H,5-6,8-10H2,1-2H3/t13-,16+/m1/s1. The number of carbonyl (C=O) groups is 1. The molecule has 1 amide bonds. The van der Waals surface area contributed by atoms with Gasteiger partial charge in [0, 0.05) is 45.1 Å². The van der Waals surface area contributed by atoms with E-state index in [-0.39, 0.29) is 11.8 Å². The van der Waals surface area contributed by atoms with E-state index in [2.05, 4.69) is 15.0 Å². The number of rotatable bonds is 3. The number of carbonyl (C=O) groups excluding carboxylic acids is 1. The smallest absolute Gasteiger partial charge is 0.272 e. The Kier molecular flexibility index (Phi) is 3.95. The largest absolute Gasteiger partial charge is 0.391 e. The van der Waals surface area contributed by atoms with E-state index in [0.717, 1.165) is 30.2 Å². The number of aliphatic hydroxyl groups excluding tert-OH is 1. The molecule has 2 atom stereocenters. The molecular weight excluding hydrogens is 320 g/mol. The van der Waals surface area contributed by atoms with Gasteiger partial charge in [-0.15, -0.1) is 0 Å². The first-order valence-electron chi connectivity index (χ1n) is 8.62. The molecule has 4 heterocycles. The molecule has 7 heteroatoms. The Labute approximate surface area is 146 Å². The van der Waals surface area contributed by atoms with Gasteiger partial charge in [-0.3, -0.25) is 4.79 Å². The highest BCUT2D eigenvalue weighted by atomic mass is 16.5. The van der Waals surface area contributed by atoms with Gasteiger partial charge >= 0.3 is 0 Å². The van der Waals surface area contributed by atoms with Crippen molar-refractivity contribution in [2.45, 2.75) is 25.9 Å². The van der Waals surface area contributed by atoms with Crippen molar-refractivity contribution in [1.82, 2.24) is 15.0 Å². The van der Waals surface area contributed by atoms with Crippen molar-refractivity contribution in [2.75, 3.05) is 31.6 Å². The SMILES string of the molecule is Cc1cc(C[C@@H]2CN(C(=O)c3ccc4c(n3)N(C)CC4)C[C@@H]2O)on1. The summed E-state index contributed by atoms with van der Waals surface area (Å²) in [5.74, 6) is 1.46. The van der Waals surface area contributed by atoms with Crippen molar-refractivity contribution < 1.29 is 14.4 Å². The number of pyridine rings is 1. The van der Waals surface area contributed by atoms with Gasteiger partial charge in [-0.2, -0.15) is 0 Å². The molecule has 132 valence electrons. The molecule has 25 heavy (non-hydrogen) atoms. The minimum Gasteiger partial charge on any atom is -0.391 e. The number of aromatic nitrogens is 2. The first-order valence-corrected chi connectivity index (χ1v) is 8.62. The fraction of sp³-hybridized carbons (Fsp3) is 0.500. The molecule has 0 aliphatic carbocycles. The lowest BCUT2D eigenvalue weighted by Crippen LogP contribution is -2.30. The Bertz CT molecular complexity index is 803. The second-order valence-electron chi connectivity index (χ2n) is 7.03. The lowest BCUT2D eigenvalue weighted by atomic mass is 10.0. The topological polar surface area (TPSA) is 82.7 Å². The Balaban J connectivity index is 1.47. The van der Waals surface area contributed by atoms with Crippen molar-refractivity contribution in [2.24, 2.45) is 5.92 Å². The molecule has 1 saturated heterocycles. The van der Waals surface area contributed by atoms with Crippen molar-refractivity contribution >= 4 is 11.7 Å². The van der Waals surface area contributed by atoms with Crippen molar-refractivity contribution in [3.8, 4) is 0 Å². The van der Waals surface area contributed by atoms with Crippen molar-refractivity contribution in [1.29, 1.82) is 0 Å². The number of hydrogen-bond donors (Lipinski definition) is 1. The van der Waals surface area contributed by atoms with Crippen LogP contribution in [0.1, 0.15) is 27.5 Å². The number of anilines is 1. The molecule has 0 bridgehead atoms. The van der Waals surface area contributed by atoms with Crippen LogP contribution in [0, 0.1) is 12.8 Å². The van der Waals surface area contributed by atoms with Gasteiger partial charge in [-0.25, -0.2) is 4.98 Å².